The molecular formula is C14H22N2OS2. The van der Waals surface area contributed by atoms with E-state index < -0.39 is 0 Å². The first-order chi connectivity index (χ1) is 8.97. The van der Waals surface area contributed by atoms with Gasteiger partial charge in [-0.2, -0.15) is 0 Å². The van der Waals surface area contributed by atoms with Gasteiger partial charge in [0.2, 0.25) is 5.91 Å². The molecule has 0 spiro atoms. The topological polar surface area (TPSA) is 46.3 Å². The number of carbonyl (C=O) groups excluding carboxylic acids is 1. The molecule has 0 radical (unpaired) electrons. The van der Waals surface area contributed by atoms with Crippen molar-refractivity contribution < 1.29 is 4.79 Å². The minimum absolute atomic E-state index is 0.0402. The van der Waals surface area contributed by atoms with Crippen LogP contribution in [0.25, 0.3) is 0 Å². The van der Waals surface area contributed by atoms with Crippen LogP contribution in [-0.4, -0.2) is 28.9 Å². The molecule has 0 aliphatic carbocycles. The Morgan fingerprint density at radius 2 is 2.26 bits per heavy atom. The second-order valence-electron chi connectivity index (χ2n) is 4.83. The number of nitrogens with zero attached hydrogens (tertiary/aromatic N) is 1. The quantitative estimate of drug-likeness (QED) is 0.787. The van der Waals surface area contributed by atoms with Crippen LogP contribution in [0.3, 0.4) is 0 Å². The molecule has 0 saturated heterocycles. The second-order valence-corrected chi connectivity index (χ2v) is 6.33. The van der Waals surface area contributed by atoms with Crippen LogP contribution >= 0.6 is 23.6 Å². The van der Waals surface area contributed by atoms with Crippen LogP contribution in [0.1, 0.15) is 31.6 Å². The number of likely N-dealkylation sites (N-methyl/N-ethyl adjacent to an activating group) is 1. The van der Waals surface area contributed by atoms with Gasteiger partial charge in [-0.1, -0.05) is 31.6 Å². The van der Waals surface area contributed by atoms with Crippen molar-refractivity contribution in [1.82, 2.24) is 4.90 Å². The van der Waals surface area contributed by atoms with Gasteiger partial charge in [0.15, 0.2) is 0 Å². The maximum atomic E-state index is 12.4. The fourth-order valence-electron chi connectivity index (χ4n) is 2.00. The van der Waals surface area contributed by atoms with Crippen LogP contribution in [0, 0.1) is 5.92 Å². The van der Waals surface area contributed by atoms with Crippen molar-refractivity contribution in [3.05, 3.63) is 22.4 Å². The van der Waals surface area contributed by atoms with Gasteiger partial charge in [0.1, 0.15) is 0 Å². The van der Waals surface area contributed by atoms with Crippen molar-refractivity contribution in [3.63, 3.8) is 0 Å². The lowest BCUT2D eigenvalue weighted by molar-refractivity contribution is -0.133. The lowest BCUT2D eigenvalue weighted by Crippen LogP contribution is -2.43. The first-order valence-electron chi connectivity index (χ1n) is 6.55. The molecule has 1 rings (SSSR count). The molecule has 2 N–H and O–H groups in total. The third-order valence-corrected chi connectivity index (χ3v) is 4.49. The largest absolute Gasteiger partial charge is 0.393 e. The van der Waals surface area contributed by atoms with Crippen molar-refractivity contribution in [3.8, 4) is 0 Å². The Morgan fingerprint density at radius 3 is 2.74 bits per heavy atom. The Bertz CT molecular complexity index is 417. The van der Waals surface area contributed by atoms with E-state index in [0.717, 1.165) is 19.3 Å². The van der Waals surface area contributed by atoms with Crippen molar-refractivity contribution in [2.45, 2.75) is 39.2 Å². The average Bonchev–Trinajstić information content (AvgIpc) is 2.86. The van der Waals surface area contributed by atoms with Gasteiger partial charge < -0.3 is 10.6 Å². The molecule has 0 fully saturated rings. The molecule has 0 aromatic carbocycles. The highest BCUT2D eigenvalue weighted by Crippen LogP contribution is 2.17. The van der Waals surface area contributed by atoms with E-state index in [1.165, 1.54) is 4.88 Å². The highest BCUT2D eigenvalue weighted by molar-refractivity contribution is 7.80. The Labute approximate surface area is 124 Å². The van der Waals surface area contributed by atoms with Crippen LogP contribution in [0.5, 0.6) is 0 Å². The summed E-state index contributed by atoms with van der Waals surface area (Å²) >= 11 is 6.73. The molecule has 1 heterocycles. The molecule has 0 aliphatic rings. The molecule has 1 amide bonds. The minimum Gasteiger partial charge on any atom is -0.393 e. The number of rotatable bonds is 7. The standard InChI is InChI=1S/C14H22N2OS2/c1-4-6-12(13(15)18)14(17)16(3)10(2)9-11-7-5-8-19-11/h5,7-8,10,12H,4,6,9H2,1-3H3,(H2,15,18). The summed E-state index contributed by atoms with van der Waals surface area (Å²) in [5, 5.41) is 2.05. The third kappa shape index (κ3) is 4.58. The molecule has 5 heteroatoms. The first kappa shape index (κ1) is 16.1. The van der Waals surface area contributed by atoms with E-state index in [1.807, 2.05) is 20.0 Å². The van der Waals surface area contributed by atoms with Crippen LogP contribution in [-0.2, 0) is 11.2 Å². The maximum Gasteiger partial charge on any atom is 0.232 e. The summed E-state index contributed by atoms with van der Waals surface area (Å²) in [7, 11) is 1.83. The van der Waals surface area contributed by atoms with Gasteiger partial charge >= 0.3 is 0 Å². The number of carbonyl (C=O) groups is 1. The molecule has 0 aliphatic heterocycles. The van der Waals surface area contributed by atoms with E-state index in [9.17, 15) is 4.79 Å². The summed E-state index contributed by atoms with van der Waals surface area (Å²) in [4.78, 5) is 15.8. The molecule has 2 unspecified atom stereocenters. The zero-order chi connectivity index (χ0) is 14.4. The molecule has 19 heavy (non-hydrogen) atoms. The molecule has 1 aromatic rings. The molecular weight excluding hydrogens is 276 g/mol. The van der Waals surface area contributed by atoms with Crippen molar-refractivity contribution in [1.29, 1.82) is 0 Å². The van der Waals surface area contributed by atoms with E-state index in [-0.39, 0.29) is 17.9 Å². The summed E-state index contributed by atoms with van der Waals surface area (Å²) in [6.45, 7) is 4.09. The van der Waals surface area contributed by atoms with E-state index in [1.54, 1.807) is 16.2 Å². The van der Waals surface area contributed by atoms with Gasteiger partial charge in [-0.3, -0.25) is 4.79 Å². The Kier molecular flexibility index (Phi) is 6.45. The number of thiocarbonyl (C=S) groups is 1. The molecule has 1 aromatic heterocycles. The van der Waals surface area contributed by atoms with Crippen LogP contribution < -0.4 is 5.73 Å². The van der Waals surface area contributed by atoms with E-state index in [2.05, 4.69) is 18.4 Å². The van der Waals surface area contributed by atoms with Gasteiger partial charge in [-0.15, -0.1) is 11.3 Å². The first-order valence-corrected chi connectivity index (χ1v) is 7.84. The monoisotopic (exact) mass is 298 g/mol. The van der Waals surface area contributed by atoms with Crippen molar-refractivity contribution in [2.24, 2.45) is 11.7 Å². The summed E-state index contributed by atoms with van der Waals surface area (Å²) in [5.74, 6) is -0.283. The zero-order valence-electron chi connectivity index (χ0n) is 11.8. The van der Waals surface area contributed by atoms with Crippen molar-refractivity contribution >= 4 is 34.5 Å². The predicted molar refractivity (Wildman–Crippen MR) is 85.4 cm³/mol. The molecule has 0 saturated carbocycles. The van der Waals surface area contributed by atoms with Gasteiger partial charge in [0.25, 0.3) is 0 Å². The van der Waals surface area contributed by atoms with Crippen LogP contribution in [0.4, 0.5) is 0 Å². The molecule has 0 bridgehead atoms. The van der Waals surface area contributed by atoms with Gasteiger partial charge in [0.05, 0.1) is 10.9 Å². The van der Waals surface area contributed by atoms with E-state index in [4.69, 9.17) is 18.0 Å². The van der Waals surface area contributed by atoms with Crippen molar-refractivity contribution in [2.75, 3.05) is 7.05 Å². The van der Waals surface area contributed by atoms with Gasteiger partial charge in [-0.25, -0.2) is 0 Å². The smallest absolute Gasteiger partial charge is 0.232 e. The summed E-state index contributed by atoms with van der Waals surface area (Å²) in [6, 6.07) is 4.28. The zero-order valence-corrected chi connectivity index (χ0v) is 13.4. The second kappa shape index (κ2) is 7.60. The summed E-state index contributed by atoms with van der Waals surface area (Å²) in [5.41, 5.74) is 5.68. The van der Waals surface area contributed by atoms with Gasteiger partial charge in [0, 0.05) is 24.4 Å². The predicted octanol–water partition coefficient (Wildman–Crippen LogP) is 2.84. The molecule has 3 nitrogen and oxygen atoms in total. The fraction of sp³-hybridized carbons (Fsp3) is 0.571. The summed E-state index contributed by atoms with van der Waals surface area (Å²) in [6.07, 6.45) is 2.50. The van der Waals surface area contributed by atoms with Gasteiger partial charge in [-0.05, 0) is 24.8 Å². The Hall–Kier alpha value is -0.940. The van der Waals surface area contributed by atoms with E-state index in [0.29, 0.717) is 4.99 Å². The average molecular weight is 298 g/mol. The Morgan fingerprint density at radius 1 is 1.58 bits per heavy atom. The third-order valence-electron chi connectivity index (χ3n) is 3.30. The summed E-state index contributed by atoms with van der Waals surface area (Å²) < 4.78 is 0. The number of amides is 1. The number of hydrogen-bond donors (Lipinski definition) is 1. The van der Waals surface area contributed by atoms with Crippen LogP contribution in [0.15, 0.2) is 17.5 Å². The highest BCUT2D eigenvalue weighted by Gasteiger charge is 2.26. The van der Waals surface area contributed by atoms with E-state index >= 15 is 0 Å². The lowest BCUT2D eigenvalue weighted by Gasteiger charge is -2.28. The fourth-order valence-corrected chi connectivity index (χ4v) is 3.04. The maximum absolute atomic E-state index is 12.4. The van der Waals surface area contributed by atoms with Crippen LogP contribution in [0.2, 0.25) is 0 Å². The highest BCUT2D eigenvalue weighted by atomic mass is 32.1. The lowest BCUT2D eigenvalue weighted by atomic mass is 10.0. The normalized spacial score (nSPS) is 13.8. The SMILES string of the molecule is CCCC(C(=O)N(C)C(C)Cc1cccs1)C(N)=S. The number of thiophene rings is 1. The Balaban J connectivity index is 2.66. The number of hydrogen-bond acceptors (Lipinski definition) is 3. The minimum atomic E-state index is -0.323. The number of nitrogens with two attached hydrogens (primary N) is 1. The molecule has 2 atom stereocenters. The molecule has 106 valence electrons.